The van der Waals surface area contributed by atoms with Gasteiger partial charge in [-0.15, -0.1) is 0 Å². The van der Waals surface area contributed by atoms with Gasteiger partial charge in [-0.2, -0.15) is 0 Å². The molecular formula is C12H11N. The third-order valence-corrected chi connectivity index (χ3v) is 2.05. The Balaban J connectivity index is 2.34. The Kier molecular flexibility index (Phi) is 2.01. The van der Waals surface area contributed by atoms with Crippen LogP contribution in [-0.4, -0.2) is 4.98 Å². The lowest BCUT2D eigenvalue weighted by atomic mass is 10.1. The van der Waals surface area contributed by atoms with E-state index in [1.165, 1.54) is 0 Å². The molecule has 0 amide bonds. The largest absolute Gasteiger partial charge is 0.361 e. The van der Waals surface area contributed by atoms with Gasteiger partial charge in [-0.05, 0) is 23.3 Å². The molecular weight excluding hydrogens is 158 g/mol. The highest BCUT2D eigenvalue weighted by molar-refractivity contribution is 5.75. The molecule has 0 fully saturated rings. The van der Waals surface area contributed by atoms with Crippen molar-refractivity contribution in [2.45, 2.75) is 0 Å². The normalized spacial score (nSPS) is 9.85. The maximum Gasteiger partial charge on any atom is 0.0453 e. The summed E-state index contributed by atoms with van der Waals surface area (Å²) in [6.45, 7) is 4.04. The first-order chi connectivity index (χ1) is 6.38. The molecule has 1 N–H and O–H groups in total. The fraction of sp³-hybridized carbons (Fsp3) is 0. The highest BCUT2D eigenvalue weighted by Gasteiger charge is 2.00. The molecule has 1 heterocycles. The van der Waals surface area contributed by atoms with Crippen molar-refractivity contribution >= 4 is 5.57 Å². The van der Waals surface area contributed by atoms with E-state index in [-0.39, 0.29) is 0 Å². The van der Waals surface area contributed by atoms with Gasteiger partial charge in [0.25, 0.3) is 0 Å². The summed E-state index contributed by atoms with van der Waals surface area (Å²) < 4.78 is 0. The molecule has 0 aliphatic rings. The van der Waals surface area contributed by atoms with Crippen molar-refractivity contribution in [1.29, 1.82) is 0 Å². The van der Waals surface area contributed by atoms with E-state index in [1.807, 2.05) is 36.5 Å². The van der Waals surface area contributed by atoms with Crippen molar-refractivity contribution in [2.75, 3.05) is 0 Å². The number of H-pyrrole nitrogens is 1. The third kappa shape index (κ3) is 1.54. The second-order valence-electron chi connectivity index (χ2n) is 2.93. The summed E-state index contributed by atoms with van der Waals surface area (Å²) >= 11 is 0. The average Bonchev–Trinajstić information content (AvgIpc) is 2.71. The predicted molar refractivity (Wildman–Crippen MR) is 55.4 cm³/mol. The summed E-state index contributed by atoms with van der Waals surface area (Å²) in [6, 6.07) is 14.2. The van der Waals surface area contributed by atoms with Crippen LogP contribution in [0.1, 0.15) is 11.3 Å². The molecule has 0 aliphatic heterocycles. The van der Waals surface area contributed by atoms with Gasteiger partial charge in [0, 0.05) is 11.9 Å². The number of aromatic amines is 1. The number of hydrogen-bond acceptors (Lipinski definition) is 0. The van der Waals surface area contributed by atoms with Gasteiger partial charge in [0.05, 0.1) is 0 Å². The molecule has 2 aromatic rings. The zero-order valence-electron chi connectivity index (χ0n) is 7.33. The number of benzene rings is 1. The second kappa shape index (κ2) is 3.31. The van der Waals surface area contributed by atoms with Crippen molar-refractivity contribution in [3.63, 3.8) is 0 Å². The van der Waals surface area contributed by atoms with Crippen LogP contribution < -0.4 is 0 Å². The van der Waals surface area contributed by atoms with Crippen molar-refractivity contribution in [3.8, 4) is 0 Å². The second-order valence-corrected chi connectivity index (χ2v) is 2.93. The van der Waals surface area contributed by atoms with Gasteiger partial charge >= 0.3 is 0 Å². The van der Waals surface area contributed by atoms with Gasteiger partial charge in [0.1, 0.15) is 0 Å². The van der Waals surface area contributed by atoms with Gasteiger partial charge in [0.2, 0.25) is 0 Å². The SMILES string of the molecule is C=C(c1ccccc1)c1ccc[nH]1. The van der Waals surface area contributed by atoms with Crippen LogP contribution in [0, 0.1) is 0 Å². The maximum atomic E-state index is 4.04. The molecule has 0 atom stereocenters. The molecule has 0 radical (unpaired) electrons. The van der Waals surface area contributed by atoms with E-state index >= 15 is 0 Å². The molecule has 64 valence electrons. The lowest BCUT2D eigenvalue weighted by Gasteiger charge is -2.02. The quantitative estimate of drug-likeness (QED) is 0.711. The van der Waals surface area contributed by atoms with Crippen molar-refractivity contribution in [3.05, 3.63) is 66.5 Å². The summed E-state index contributed by atoms with van der Waals surface area (Å²) in [4.78, 5) is 3.14. The lowest BCUT2D eigenvalue weighted by molar-refractivity contribution is 1.35. The molecule has 1 nitrogen and oxygen atoms in total. The zero-order valence-corrected chi connectivity index (χ0v) is 7.33. The third-order valence-electron chi connectivity index (χ3n) is 2.05. The van der Waals surface area contributed by atoms with Crippen LogP contribution in [0.15, 0.2) is 55.2 Å². The van der Waals surface area contributed by atoms with E-state index < -0.39 is 0 Å². The molecule has 2 rings (SSSR count). The van der Waals surface area contributed by atoms with Gasteiger partial charge in [0.15, 0.2) is 0 Å². The number of rotatable bonds is 2. The number of aromatic nitrogens is 1. The van der Waals surface area contributed by atoms with Crippen LogP contribution in [0.2, 0.25) is 0 Å². The zero-order chi connectivity index (χ0) is 9.10. The summed E-state index contributed by atoms with van der Waals surface area (Å²) in [7, 11) is 0. The van der Waals surface area contributed by atoms with E-state index in [0.717, 1.165) is 16.8 Å². The van der Waals surface area contributed by atoms with Crippen LogP contribution in [-0.2, 0) is 0 Å². The lowest BCUT2D eigenvalue weighted by Crippen LogP contribution is -1.84. The Morgan fingerprint density at radius 3 is 2.38 bits per heavy atom. The Morgan fingerprint density at radius 1 is 1.00 bits per heavy atom. The Hall–Kier alpha value is -1.76. The molecule has 1 heteroatoms. The van der Waals surface area contributed by atoms with E-state index in [2.05, 4.69) is 23.7 Å². The average molecular weight is 169 g/mol. The van der Waals surface area contributed by atoms with E-state index in [1.54, 1.807) is 0 Å². The van der Waals surface area contributed by atoms with Gasteiger partial charge in [-0.3, -0.25) is 0 Å². The first kappa shape index (κ1) is 7.87. The minimum atomic E-state index is 1.03. The van der Waals surface area contributed by atoms with Crippen molar-refractivity contribution < 1.29 is 0 Å². The van der Waals surface area contributed by atoms with Crippen molar-refractivity contribution in [1.82, 2.24) is 4.98 Å². The van der Waals surface area contributed by atoms with Gasteiger partial charge in [-0.1, -0.05) is 36.9 Å². The predicted octanol–water partition coefficient (Wildman–Crippen LogP) is 3.08. The van der Waals surface area contributed by atoms with E-state index in [0.29, 0.717) is 0 Å². The van der Waals surface area contributed by atoms with E-state index in [4.69, 9.17) is 0 Å². The monoisotopic (exact) mass is 169 g/mol. The summed E-state index contributed by atoms with van der Waals surface area (Å²) in [6.07, 6.45) is 1.91. The highest BCUT2D eigenvalue weighted by Crippen LogP contribution is 2.18. The van der Waals surface area contributed by atoms with Crippen molar-refractivity contribution in [2.24, 2.45) is 0 Å². The summed E-state index contributed by atoms with van der Waals surface area (Å²) in [5.74, 6) is 0. The summed E-state index contributed by atoms with van der Waals surface area (Å²) in [5, 5.41) is 0. The highest BCUT2D eigenvalue weighted by atomic mass is 14.7. The Bertz CT molecular complexity index is 384. The molecule has 0 spiro atoms. The first-order valence-electron chi connectivity index (χ1n) is 4.26. The standard InChI is InChI=1S/C12H11N/c1-10(12-8-5-9-13-12)11-6-3-2-4-7-11/h2-9,13H,1H2. The molecule has 13 heavy (non-hydrogen) atoms. The first-order valence-corrected chi connectivity index (χ1v) is 4.26. The van der Waals surface area contributed by atoms with Gasteiger partial charge in [-0.25, -0.2) is 0 Å². The molecule has 1 aromatic heterocycles. The molecule has 0 unspecified atom stereocenters. The molecule has 1 aromatic carbocycles. The van der Waals surface area contributed by atoms with E-state index in [9.17, 15) is 0 Å². The minimum absolute atomic E-state index is 1.03. The van der Waals surface area contributed by atoms with Crippen LogP contribution in [0.25, 0.3) is 5.57 Å². The Labute approximate surface area is 77.7 Å². The topological polar surface area (TPSA) is 15.8 Å². The number of hydrogen-bond donors (Lipinski definition) is 1. The van der Waals surface area contributed by atoms with Gasteiger partial charge < -0.3 is 4.98 Å². The Morgan fingerprint density at radius 2 is 1.77 bits per heavy atom. The molecule has 0 bridgehead atoms. The number of nitrogens with one attached hydrogen (secondary N) is 1. The molecule has 0 aliphatic carbocycles. The fourth-order valence-corrected chi connectivity index (χ4v) is 1.31. The van der Waals surface area contributed by atoms with Crippen LogP contribution in [0.4, 0.5) is 0 Å². The fourth-order valence-electron chi connectivity index (χ4n) is 1.31. The van der Waals surface area contributed by atoms with Crippen LogP contribution >= 0.6 is 0 Å². The van der Waals surface area contributed by atoms with Crippen LogP contribution in [0.3, 0.4) is 0 Å². The molecule has 0 saturated heterocycles. The minimum Gasteiger partial charge on any atom is -0.361 e. The molecule has 0 saturated carbocycles. The smallest absolute Gasteiger partial charge is 0.0453 e. The maximum absolute atomic E-state index is 4.04. The van der Waals surface area contributed by atoms with Crippen LogP contribution in [0.5, 0.6) is 0 Å². The summed E-state index contributed by atoms with van der Waals surface area (Å²) in [5.41, 5.74) is 3.27.